The van der Waals surface area contributed by atoms with Crippen LogP contribution in [0.4, 0.5) is 0 Å². The lowest BCUT2D eigenvalue weighted by atomic mass is 9.82. The smallest absolute Gasteiger partial charge is 0.0132 e. The molecule has 2 aromatic carbocycles. The second-order valence-corrected chi connectivity index (χ2v) is 12.7. The summed E-state index contributed by atoms with van der Waals surface area (Å²) in [7, 11) is 0. The molecule has 0 aliphatic heterocycles. The van der Waals surface area contributed by atoms with Gasteiger partial charge in [-0.1, -0.05) is 145 Å². The van der Waals surface area contributed by atoms with Crippen molar-refractivity contribution in [3.63, 3.8) is 0 Å². The predicted molar refractivity (Wildman–Crippen MR) is 134 cm³/mol. The minimum Gasteiger partial charge on any atom is -0.0622 e. The molecule has 0 aliphatic carbocycles. The fraction of sp³-hybridized carbons (Fsp3) is 0.586. The molecule has 0 aromatic heterocycles. The minimum atomic E-state index is 0.260. The van der Waals surface area contributed by atoms with Crippen molar-refractivity contribution in [2.75, 3.05) is 0 Å². The predicted octanol–water partition coefficient (Wildman–Crippen LogP) is 9.32. The van der Waals surface area contributed by atoms with Crippen LogP contribution in [0.15, 0.2) is 54.6 Å². The summed E-state index contributed by atoms with van der Waals surface area (Å²) in [6.45, 7) is 28.9. The Morgan fingerprint density at radius 3 is 0.724 bits per heavy atom. The van der Waals surface area contributed by atoms with Crippen LogP contribution >= 0.6 is 0 Å². The van der Waals surface area contributed by atoms with Crippen LogP contribution in [0.1, 0.15) is 107 Å². The zero-order valence-electron chi connectivity index (χ0n) is 21.7. The van der Waals surface area contributed by atoms with E-state index in [1.165, 1.54) is 16.7 Å². The molecule has 0 nitrogen and oxygen atoms in total. The van der Waals surface area contributed by atoms with Gasteiger partial charge in [-0.25, -0.2) is 0 Å². The van der Waals surface area contributed by atoms with Crippen LogP contribution in [0.5, 0.6) is 0 Å². The quantitative estimate of drug-likeness (QED) is 0.416. The normalized spacial score (nSPS) is 12.3. The lowest BCUT2D eigenvalue weighted by Crippen LogP contribution is -2.14. The van der Waals surface area contributed by atoms with Crippen LogP contribution in [-0.2, 0) is 16.2 Å². The lowest BCUT2D eigenvalue weighted by molar-refractivity contribution is 0.469. The maximum atomic E-state index is 2.25. The Bertz CT molecular complexity index is 636. The van der Waals surface area contributed by atoms with Gasteiger partial charge in [0.15, 0.2) is 0 Å². The number of hydrogen-bond donors (Lipinski definition) is 0. The van der Waals surface area contributed by atoms with Crippen molar-refractivity contribution in [1.82, 2.24) is 0 Å². The Labute approximate surface area is 183 Å². The maximum Gasteiger partial charge on any atom is -0.0132 e. The summed E-state index contributed by atoms with van der Waals surface area (Å²) in [6, 6.07) is 19.6. The summed E-state index contributed by atoms with van der Waals surface area (Å²) >= 11 is 0. The fourth-order valence-electron chi connectivity index (χ4n) is 2.41. The highest BCUT2D eigenvalue weighted by Gasteiger charge is 2.16. The van der Waals surface area contributed by atoms with Gasteiger partial charge in [-0.15, -0.1) is 0 Å². The third-order valence-corrected chi connectivity index (χ3v) is 4.26. The molecular weight excluding hydrogens is 348 g/mol. The zero-order chi connectivity index (χ0) is 23.1. The van der Waals surface area contributed by atoms with Crippen LogP contribution in [0.25, 0.3) is 0 Å². The molecule has 2 rings (SSSR count). The molecule has 0 heteroatoms. The number of hydrogen-bond acceptors (Lipinski definition) is 0. The lowest BCUT2D eigenvalue weighted by Gasteiger charge is -2.23. The topological polar surface area (TPSA) is 0 Å². The molecule has 0 spiro atoms. The molecule has 0 aliphatic rings. The molecule has 0 atom stereocenters. The van der Waals surface area contributed by atoms with E-state index in [1.807, 2.05) is 0 Å². The van der Waals surface area contributed by atoms with Gasteiger partial charge in [0, 0.05) is 0 Å². The number of benzene rings is 2. The Morgan fingerprint density at radius 2 is 0.552 bits per heavy atom. The summed E-state index contributed by atoms with van der Waals surface area (Å²) in [6.07, 6.45) is 0. The van der Waals surface area contributed by atoms with Gasteiger partial charge in [0.25, 0.3) is 0 Å². The Morgan fingerprint density at radius 1 is 0.345 bits per heavy atom. The van der Waals surface area contributed by atoms with E-state index < -0.39 is 0 Å². The van der Waals surface area contributed by atoms with Gasteiger partial charge >= 0.3 is 0 Å². The molecule has 2 aromatic rings. The fourth-order valence-corrected chi connectivity index (χ4v) is 2.41. The molecule has 0 amide bonds. The highest BCUT2D eigenvalue weighted by molar-refractivity contribution is 5.30. The van der Waals surface area contributed by atoms with Crippen molar-refractivity contribution in [1.29, 1.82) is 0 Å². The van der Waals surface area contributed by atoms with Crippen molar-refractivity contribution < 1.29 is 0 Å². The molecule has 0 saturated heterocycles. The minimum absolute atomic E-state index is 0.260. The maximum absolute atomic E-state index is 2.25. The largest absolute Gasteiger partial charge is 0.0622 e. The van der Waals surface area contributed by atoms with E-state index in [4.69, 9.17) is 0 Å². The molecule has 0 heterocycles. The van der Waals surface area contributed by atoms with Gasteiger partial charge in [-0.3, -0.25) is 0 Å². The van der Waals surface area contributed by atoms with Gasteiger partial charge in [0.1, 0.15) is 0 Å². The van der Waals surface area contributed by atoms with Gasteiger partial charge in [-0.2, -0.15) is 0 Å². The summed E-state index contributed by atoms with van der Waals surface area (Å²) in [4.78, 5) is 0. The summed E-state index contributed by atoms with van der Waals surface area (Å²) in [5.74, 6) is 0. The standard InChI is InChI=1S/C14H22.C10H14.C5H12/c1-13(2,3)11-7-9-12(10-8-11)14(4,5)6;1-10(2,3)9-7-5-4-6-8-9;1-5(2,3)4/h7-10H,1-6H3;4-8H,1-3H3;1-4H3. The molecule has 0 unspecified atom stereocenters. The molecule has 0 radical (unpaired) electrons. The van der Waals surface area contributed by atoms with E-state index in [1.54, 1.807) is 0 Å². The second-order valence-electron chi connectivity index (χ2n) is 12.7. The van der Waals surface area contributed by atoms with Crippen molar-refractivity contribution in [3.8, 4) is 0 Å². The van der Waals surface area contributed by atoms with Crippen LogP contribution < -0.4 is 0 Å². The van der Waals surface area contributed by atoms with E-state index >= 15 is 0 Å². The Hall–Kier alpha value is -1.56. The third-order valence-electron chi connectivity index (χ3n) is 4.26. The van der Waals surface area contributed by atoms with E-state index in [-0.39, 0.29) is 10.8 Å². The van der Waals surface area contributed by atoms with E-state index in [0.717, 1.165) is 0 Å². The Balaban J connectivity index is 0.000000455. The van der Waals surface area contributed by atoms with E-state index in [0.29, 0.717) is 10.8 Å². The molecule has 0 bridgehead atoms. The monoisotopic (exact) mass is 396 g/mol. The summed E-state index contributed by atoms with van der Waals surface area (Å²) in [5, 5.41) is 0. The van der Waals surface area contributed by atoms with E-state index in [9.17, 15) is 0 Å². The van der Waals surface area contributed by atoms with Gasteiger partial charge in [0.05, 0.1) is 0 Å². The van der Waals surface area contributed by atoms with Crippen molar-refractivity contribution >= 4 is 0 Å². The van der Waals surface area contributed by atoms with Gasteiger partial charge in [0.2, 0.25) is 0 Å². The first kappa shape index (κ1) is 27.4. The first-order chi connectivity index (χ1) is 12.8. The van der Waals surface area contributed by atoms with Crippen LogP contribution in [0.3, 0.4) is 0 Å². The number of rotatable bonds is 0. The van der Waals surface area contributed by atoms with E-state index in [2.05, 4.69) is 145 Å². The molecule has 0 fully saturated rings. The summed E-state index contributed by atoms with van der Waals surface area (Å²) in [5.41, 5.74) is 5.53. The molecular formula is C29H48. The van der Waals surface area contributed by atoms with Crippen molar-refractivity contribution in [2.45, 2.75) is 106 Å². The van der Waals surface area contributed by atoms with Crippen LogP contribution in [-0.4, -0.2) is 0 Å². The highest BCUT2D eigenvalue weighted by Crippen LogP contribution is 2.27. The molecule has 0 N–H and O–H groups in total. The average molecular weight is 397 g/mol. The van der Waals surface area contributed by atoms with Crippen LogP contribution in [0, 0.1) is 5.41 Å². The van der Waals surface area contributed by atoms with Crippen molar-refractivity contribution in [3.05, 3.63) is 71.3 Å². The third kappa shape index (κ3) is 13.3. The first-order valence-corrected chi connectivity index (χ1v) is 11.0. The van der Waals surface area contributed by atoms with Crippen LogP contribution in [0.2, 0.25) is 0 Å². The summed E-state index contributed by atoms with van der Waals surface area (Å²) < 4.78 is 0. The molecule has 164 valence electrons. The average Bonchev–Trinajstić information content (AvgIpc) is 2.52. The second kappa shape index (κ2) is 10.5. The zero-order valence-corrected chi connectivity index (χ0v) is 21.7. The van der Waals surface area contributed by atoms with Crippen molar-refractivity contribution in [2.24, 2.45) is 5.41 Å². The van der Waals surface area contributed by atoms with Gasteiger partial charge in [-0.05, 0) is 38.4 Å². The SMILES string of the molecule is CC(C)(C)C.CC(C)(C)c1ccc(C(C)(C)C)cc1.CC(C)(C)c1ccccc1. The first-order valence-electron chi connectivity index (χ1n) is 11.0. The molecule has 0 saturated carbocycles. The Kier molecular flexibility index (Phi) is 9.90. The molecule has 29 heavy (non-hydrogen) atoms. The van der Waals surface area contributed by atoms with Gasteiger partial charge < -0.3 is 0 Å². The highest BCUT2D eigenvalue weighted by atomic mass is 14.2.